The third kappa shape index (κ3) is 6.23. The molecule has 16 heavy (non-hydrogen) atoms. The molecule has 0 aromatic carbocycles. The molecule has 0 amide bonds. The van der Waals surface area contributed by atoms with Crippen LogP contribution in [0.3, 0.4) is 0 Å². The van der Waals surface area contributed by atoms with Crippen LogP contribution >= 0.6 is 0 Å². The van der Waals surface area contributed by atoms with Crippen LogP contribution in [0.5, 0.6) is 0 Å². The van der Waals surface area contributed by atoms with Crippen molar-refractivity contribution < 1.29 is 9.53 Å². The van der Waals surface area contributed by atoms with Gasteiger partial charge in [0, 0.05) is 39.1 Å². The number of ketones is 1. The molecule has 0 saturated carbocycles. The normalized spacial score (nSPS) is 17.9. The number of rotatable bonds is 8. The molecule has 0 radical (unpaired) electrons. The van der Waals surface area contributed by atoms with Gasteiger partial charge in [0.2, 0.25) is 0 Å². The van der Waals surface area contributed by atoms with Gasteiger partial charge in [-0.3, -0.25) is 4.79 Å². The van der Waals surface area contributed by atoms with Crippen molar-refractivity contribution in [3.8, 4) is 0 Å². The molecular formula is C13H25NO2. The quantitative estimate of drug-likeness (QED) is 0.596. The zero-order valence-corrected chi connectivity index (χ0v) is 10.5. The van der Waals surface area contributed by atoms with Crippen LogP contribution in [0.25, 0.3) is 0 Å². The zero-order valence-electron chi connectivity index (χ0n) is 10.5. The number of unbranched alkanes of at least 4 members (excludes halogenated alkanes) is 2. The average Bonchev–Trinajstić information content (AvgIpc) is 2.30. The standard InChI is InChI=1S/C13H25NO2/c1-2-3-11-16-12-5-4-8-14-9-6-13(15)7-10-14/h2-12H2,1H3. The molecule has 1 saturated heterocycles. The summed E-state index contributed by atoms with van der Waals surface area (Å²) in [5.74, 6) is 0.430. The molecule has 0 aliphatic carbocycles. The maximum absolute atomic E-state index is 11.0. The SMILES string of the molecule is CCCCOCCCCN1CCC(=O)CC1. The molecule has 0 atom stereocenters. The van der Waals surface area contributed by atoms with E-state index in [1.165, 1.54) is 19.3 Å². The van der Waals surface area contributed by atoms with Crippen LogP contribution in [0.4, 0.5) is 0 Å². The van der Waals surface area contributed by atoms with Gasteiger partial charge in [-0.2, -0.15) is 0 Å². The molecule has 1 rings (SSSR count). The first-order valence-electron chi connectivity index (χ1n) is 6.64. The average molecular weight is 227 g/mol. The highest BCUT2D eigenvalue weighted by atomic mass is 16.5. The minimum atomic E-state index is 0.430. The number of Topliss-reactive ketones (excluding diaryl/α,β-unsaturated/α-hetero) is 1. The highest BCUT2D eigenvalue weighted by Gasteiger charge is 2.14. The van der Waals surface area contributed by atoms with Crippen molar-refractivity contribution in [3.63, 3.8) is 0 Å². The molecule has 0 aromatic heterocycles. The van der Waals surface area contributed by atoms with E-state index in [0.29, 0.717) is 5.78 Å². The molecule has 0 N–H and O–H groups in total. The van der Waals surface area contributed by atoms with E-state index in [1.54, 1.807) is 0 Å². The molecule has 1 heterocycles. The highest BCUT2D eigenvalue weighted by Crippen LogP contribution is 2.06. The minimum Gasteiger partial charge on any atom is -0.381 e. The fraction of sp³-hybridized carbons (Fsp3) is 0.923. The van der Waals surface area contributed by atoms with Crippen molar-refractivity contribution in [1.29, 1.82) is 0 Å². The van der Waals surface area contributed by atoms with Crippen LogP contribution < -0.4 is 0 Å². The van der Waals surface area contributed by atoms with Gasteiger partial charge in [-0.1, -0.05) is 13.3 Å². The lowest BCUT2D eigenvalue weighted by atomic mass is 10.1. The Morgan fingerprint density at radius 2 is 1.81 bits per heavy atom. The fourth-order valence-corrected chi connectivity index (χ4v) is 1.91. The number of hydrogen-bond donors (Lipinski definition) is 0. The highest BCUT2D eigenvalue weighted by molar-refractivity contribution is 5.79. The first-order chi connectivity index (χ1) is 7.83. The summed E-state index contributed by atoms with van der Waals surface area (Å²) in [4.78, 5) is 13.4. The van der Waals surface area contributed by atoms with E-state index in [2.05, 4.69) is 11.8 Å². The summed E-state index contributed by atoms with van der Waals surface area (Å²) >= 11 is 0. The van der Waals surface area contributed by atoms with Gasteiger partial charge in [0.25, 0.3) is 0 Å². The van der Waals surface area contributed by atoms with Crippen molar-refractivity contribution in [1.82, 2.24) is 4.90 Å². The van der Waals surface area contributed by atoms with Crippen LogP contribution in [0.1, 0.15) is 45.4 Å². The van der Waals surface area contributed by atoms with Crippen LogP contribution in [0.2, 0.25) is 0 Å². The number of likely N-dealkylation sites (tertiary alicyclic amines) is 1. The Hall–Kier alpha value is -0.410. The van der Waals surface area contributed by atoms with Crippen LogP contribution in [0, 0.1) is 0 Å². The summed E-state index contributed by atoms with van der Waals surface area (Å²) in [6.07, 6.45) is 6.24. The first kappa shape index (κ1) is 13.7. The summed E-state index contributed by atoms with van der Waals surface area (Å²) in [6.45, 7) is 7.05. The van der Waals surface area contributed by atoms with Gasteiger partial charge in [-0.05, 0) is 25.8 Å². The second-order valence-electron chi connectivity index (χ2n) is 4.55. The Balaban J connectivity index is 1.85. The molecule has 0 unspecified atom stereocenters. The minimum absolute atomic E-state index is 0.430. The van der Waals surface area contributed by atoms with Crippen molar-refractivity contribution in [3.05, 3.63) is 0 Å². The van der Waals surface area contributed by atoms with E-state index in [9.17, 15) is 4.79 Å². The van der Waals surface area contributed by atoms with E-state index >= 15 is 0 Å². The smallest absolute Gasteiger partial charge is 0.135 e. The third-order valence-electron chi connectivity index (χ3n) is 3.07. The van der Waals surface area contributed by atoms with Gasteiger partial charge < -0.3 is 9.64 Å². The molecule has 1 aliphatic rings. The summed E-state index contributed by atoms with van der Waals surface area (Å²) in [5.41, 5.74) is 0. The Kier molecular flexibility index (Phi) is 7.43. The molecule has 94 valence electrons. The maximum atomic E-state index is 11.0. The Bertz CT molecular complexity index is 184. The first-order valence-corrected chi connectivity index (χ1v) is 6.64. The summed E-state index contributed by atoms with van der Waals surface area (Å²) in [7, 11) is 0. The van der Waals surface area contributed by atoms with Crippen molar-refractivity contribution in [2.24, 2.45) is 0 Å². The van der Waals surface area contributed by atoms with Crippen LogP contribution in [0.15, 0.2) is 0 Å². The maximum Gasteiger partial charge on any atom is 0.135 e. The van der Waals surface area contributed by atoms with Gasteiger partial charge in [0.1, 0.15) is 5.78 Å². The Labute approximate surface area is 99.1 Å². The summed E-state index contributed by atoms with van der Waals surface area (Å²) in [5, 5.41) is 0. The molecule has 0 aromatic rings. The van der Waals surface area contributed by atoms with Crippen LogP contribution in [-0.4, -0.2) is 43.5 Å². The second kappa shape index (κ2) is 8.71. The number of ether oxygens (including phenoxy) is 1. The van der Waals surface area contributed by atoms with Crippen molar-refractivity contribution in [2.45, 2.75) is 45.4 Å². The molecule has 3 heteroatoms. The molecule has 0 bridgehead atoms. The van der Waals surface area contributed by atoms with E-state index in [-0.39, 0.29) is 0 Å². The van der Waals surface area contributed by atoms with Crippen molar-refractivity contribution >= 4 is 5.78 Å². The number of carbonyl (C=O) groups is 1. The van der Waals surface area contributed by atoms with Gasteiger partial charge in [0.15, 0.2) is 0 Å². The number of hydrogen-bond acceptors (Lipinski definition) is 3. The van der Waals surface area contributed by atoms with Gasteiger partial charge in [0.05, 0.1) is 0 Å². The molecule has 1 aliphatic heterocycles. The molecular weight excluding hydrogens is 202 g/mol. The largest absolute Gasteiger partial charge is 0.381 e. The lowest BCUT2D eigenvalue weighted by molar-refractivity contribution is -0.121. The number of nitrogens with zero attached hydrogens (tertiary/aromatic N) is 1. The number of piperidine rings is 1. The monoisotopic (exact) mass is 227 g/mol. The lowest BCUT2D eigenvalue weighted by Crippen LogP contribution is -2.34. The van der Waals surface area contributed by atoms with E-state index in [1.807, 2.05) is 0 Å². The van der Waals surface area contributed by atoms with Crippen molar-refractivity contribution in [2.75, 3.05) is 32.8 Å². The fourth-order valence-electron chi connectivity index (χ4n) is 1.91. The second-order valence-corrected chi connectivity index (χ2v) is 4.55. The summed E-state index contributed by atoms with van der Waals surface area (Å²) < 4.78 is 5.51. The van der Waals surface area contributed by atoms with E-state index in [0.717, 1.165) is 52.1 Å². The summed E-state index contributed by atoms with van der Waals surface area (Å²) in [6, 6.07) is 0. The molecule has 1 fully saturated rings. The van der Waals surface area contributed by atoms with Gasteiger partial charge in [-0.15, -0.1) is 0 Å². The molecule has 3 nitrogen and oxygen atoms in total. The predicted molar refractivity (Wildman–Crippen MR) is 65.6 cm³/mol. The number of carbonyl (C=O) groups excluding carboxylic acids is 1. The predicted octanol–water partition coefficient (Wildman–Crippen LogP) is 2.25. The topological polar surface area (TPSA) is 29.5 Å². The van der Waals surface area contributed by atoms with Gasteiger partial charge in [-0.25, -0.2) is 0 Å². The van der Waals surface area contributed by atoms with E-state index in [4.69, 9.17) is 4.74 Å². The van der Waals surface area contributed by atoms with Crippen LogP contribution in [-0.2, 0) is 9.53 Å². The molecule has 0 spiro atoms. The lowest BCUT2D eigenvalue weighted by Gasteiger charge is -2.25. The Morgan fingerprint density at radius 1 is 1.12 bits per heavy atom. The van der Waals surface area contributed by atoms with E-state index < -0.39 is 0 Å². The third-order valence-corrected chi connectivity index (χ3v) is 3.07. The van der Waals surface area contributed by atoms with Gasteiger partial charge >= 0.3 is 0 Å². The zero-order chi connectivity index (χ0) is 11.6. The Morgan fingerprint density at radius 3 is 2.50 bits per heavy atom.